The molecule has 0 aliphatic carbocycles. The molecule has 0 aromatic heterocycles. The highest BCUT2D eigenvalue weighted by Gasteiger charge is 2.26. The Bertz CT molecular complexity index is 981. The maximum Gasteiger partial charge on any atom is 0.332 e. The summed E-state index contributed by atoms with van der Waals surface area (Å²) in [7, 11) is 0. The van der Waals surface area contributed by atoms with Crippen LogP contribution in [-0.2, 0) is 25.5 Å². The number of hydrazine groups is 1. The number of aliphatic hydroxyl groups is 1. The zero-order valence-corrected chi connectivity index (χ0v) is 18.6. The van der Waals surface area contributed by atoms with Crippen molar-refractivity contribution in [3.8, 4) is 11.1 Å². The van der Waals surface area contributed by atoms with Crippen LogP contribution in [0.2, 0.25) is 5.02 Å². The molecule has 1 fully saturated rings. The van der Waals surface area contributed by atoms with Crippen molar-refractivity contribution < 1.29 is 29.3 Å². The first-order valence-electron chi connectivity index (χ1n) is 10.5. The summed E-state index contributed by atoms with van der Waals surface area (Å²) >= 11 is 6.46. The lowest BCUT2D eigenvalue weighted by Gasteiger charge is -2.27. The van der Waals surface area contributed by atoms with E-state index in [1.54, 1.807) is 11.1 Å². The molecule has 4 N–H and O–H groups in total. The Labute approximate surface area is 196 Å². The molecule has 176 valence electrons. The largest absolute Gasteiger partial charge is 0.479 e. The van der Waals surface area contributed by atoms with Crippen molar-refractivity contribution in [2.45, 2.75) is 25.0 Å². The number of hydrogen-bond acceptors (Lipinski definition) is 6. The highest BCUT2D eigenvalue weighted by atomic mass is 35.5. The number of carboxylic acid groups (broad SMARTS) is 1. The fraction of sp³-hybridized carbons (Fsp3) is 0.348. The Kier molecular flexibility index (Phi) is 8.79. The normalized spacial score (nSPS) is 15.9. The number of amides is 2. The lowest BCUT2D eigenvalue weighted by atomic mass is 9.97. The predicted octanol–water partition coefficient (Wildman–Crippen LogP) is 1.23. The first kappa shape index (κ1) is 24.7. The quantitative estimate of drug-likeness (QED) is 0.423. The Morgan fingerprint density at radius 3 is 2.39 bits per heavy atom. The van der Waals surface area contributed by atoms with E-state index in [0.29, 0.717) is 31.3 Å². The van der Waals surface area contributed by atoms with Crippen LogP contribution < -0.4 is 10.7 Å². The molecular weight excluding hydrogens is 450 g/mol. The topological polar surface area (TPSA) is 128 Å². The number of carboxylic acids is 1. The molecule has 1 heterocycles. The van der Waals surface area contributed by atoms with Crippen LogP contribution in [0.5, 0.6) is 0 Å². The molecular formula is C23H26ClN3O6. The van der Waals surface area contributed by atoms with Gasteiger partial charge in [0.25, 0.3) is 0 Å². The molecule has 0 unspecified atom stereocenters. The maximum atomic E-state index is 12.4. The lowest BCUT2D eigenvalue weighted by Crippen LogP contribution is -2.54. The molecule has 0 saturated carbocycles. The molecule has 1 saturated heterocycles. The molecule has 2 amide bonds. The molecule has 0 radical (unpaired) electrons. The van der Waals surface area contributed by atoms with E-state index < -0.39 is 29.9 Å². The molecule has 33 heavy (non-hydrogen) atoms. The van der Waals surface area contributed by atoms with Crippen LogP contribution in [0.4, 0.5) is 0 Å². The fourth-order valence-electron chi connectivity index (χ4n) is 3.51. The Morgan fingerprint density at radius 2 is 1.76 bits per heavy atom. The number of rotatable bonds is 8. The molecule has 1 aliphatic heterocycles. The van der Waals surface area contributed by atoms with Crippen LogP contribution in [0.25, 0.3) is 11.1 Å². The zero-order chi connectivity index (χ0) is 23.8. The number of aliphatic carboxylic acids is 1. The fourth-order valence-corrected chi connectivity index (χ4v) is 3.82. The highest BCUT2D eigenvalue weighted by Crippen LogP contribution is 2.29. The van der Waals surface area contributed by atoms with Gasteiger partial charge in [0, 0.05) is 36.1 Å². The number of benzene rings is 2. The Balaban J connectivity index is 1.69. The van der Waals surface area contributed by atoms with Crippen molar-refractivity contribution in [2.75, 3.05) is 26.3 Å². The maximum absolute atomic E-state index is 12.4. The van der Waals surface area contributed by atoms with E-state index >= 15 is 0 Å². The van der Waals surface area contributed by atoms with Gasteiger partial charge >= 0.3 is 17.8 Å². The number of halogens is 1. The number of ether oxygens (including phenoxy) is 1. The van der Waals surface area contributed by atoms with Crippen LogP contribution in [0.3, 0.4) is 0 Å². The third kappa shape index (κ3) is 7.26. The van der Waals surface area contributed by atoms with E-state index in [1.165, 1.54) is 0 Å². The van der Waals surface area contributed by atoms with E-state index in [-0.39, 0.29) is 12.8 Å². The third-order valence-corrected chi connectivity index (χ3v) is 5.52. The highest BCUT2D eigenvalue weighted by molar-refractivity contribution is 6.35. The summed E-state index contributed by atoms with van der Waals surface area (Å²) in [5, 5.41) is 23.5. The average Bonchev–Trinajstić information content (AvgIpc) is 2.80. The third-order valence-electron chi connectivity index (χ3n) is 5.21. The molecule has 1 aliphatic rings. The summed E-state index contributed by atoms with van der Waals surface area (Å²) in [4.78, 5) is 35.9. The number of carbonyl (C=O) groups is 3. The van der Waals surface area contributed by atoms with Gasteiger partial charge in [-0.15, -0.1) is 0 Å². The average molecular weight is 476 g/mol. The zero-order valence-electron chi connectivity index (χ0n) is 17.9. The van der Waals surface area contributed by atoms with Crippen molar-refractivity contribution >= 4 is 29.4 Å². The molecule has 2 aromatic rings. The first-order chi connectivity index (χ1) is 15.8. The van der Waals surface area contributed by atoms with Gasteiger partial charge in [-0.1, -0.05) is 54.1 Å². The van der Waals surface area contributed by atoms with Gasteiger partial charge in [-0.2, -0.15) is 0 Å². The number of hydrogen-bond donors (Lipinski definition) is 4. The van der Waals surface area contributed by atoms with Crippen LogP contribution in [0.1, 0.15) is 12.0 Å². The minimum absolute atomic E-state index is 0.176. The Morgan fingerprint density at radius 1 is 1.06 bits per heavy atom. The summed E-state index contributed by atoms with van der Waals surface area (Å²) < 4.78 is 5.20. The van der Waals surface area contributed by atoms with Gasteiger partial charge in [0.15, 0.2) is 6.10 Å². The first-order valence-corrected chi connectivity index (χ1v) is 10.9. The summed E-state index contributed by atoms with van der Waals surface area (Å²) in [5.41, 5.74) is 4.99. The summed E-state index contributed by atoms with van der Waals surface area (Å²) in [5.74, 6) is -3.20. The van der Waals surface area contributed by atoms with Gasteiger partial charge < -0.3 is 20.3 Å². The minimum atomic E-state index is -1.70. The van der Waals surface area contributed by atoms with Crippen molar-refractivity contribution in [2.24, 2.45) is 0 Å². The number of nitrogens with zero attached hydrogens (tertiary/aromatic N) is 1. The van der Waals surface area contributed by atoms with Crippen molar-refractivity contribution in [1.82, 2.24) is 15.8 Å². The van der Waals surface area contributed by atoms with E-state index in [0.717, 1.165) is 16.7 Å². The monoisotopic (exact) mass is 475 g/mol. The Hall–Kier alpha value is -2.98. The lowest BCUT2D eigenvalue weighted by molar-refractivity contribution is -0.148. The standard InChI is InChI=1S/C23H26ClN3O6/c24-19-13-15(6-7-18(19)16-4-2-1-3-5-16)12-17(14-20(28)23(31)32)25-21(29)22(30)26-27-8-10-33-11-9-27/h1-7,13,17,20,28H,8-12,14H2,(H,25,29)(H,26,30)(H,31,32)/t17-,20-/m1/s1. The minimum Gasteiger partial charge on any atom is -0.479 e. The SMILES string of the molecule is O=C(N[C@H](Cc1ccc(-c2ccccc2)c(Cl)c1)C[C@@H](O)C(=O)O)C(=O)NN1CCOCC1. The number of aliphatic hydroxyl groups excluding tert-OH is 1. The van der Waals surface area contributed by atoms with E-state index in [9.17, 15) is 19.5 Å². The number of morpholine rings is 1. The summed E-state index contributed by atoms with van der Waals surface area (Å²) in [6.07, 6.45) is -1.80. The molecule has 10 heteroatoms. The number of nitrogens with one attached hydrogen (secondary N) is 2. The van der Waals surface area contributed by atoms with Gasteiger partial charge in [0.1, 0.15) is 0 Å². The second-order valence-corrected chi connectivity index (χ2v) is 8.09. The van der Waals surface area contributed by atoms with E-state index in [2.05, 4.69) is 10.7 Å². The van der Waals surface area contributed by atoms with Gasteiger partial charge in [-0.25, -0.2) is 9.80 Å². The van der Waals surface area contributed by atoms with Crippen molar-refractivity contribution in [3.63, 3.8) is 0 Å². The molecule has 2 atom stereocenters. The molecule has 0 spiro atoms. The predicted molar refractivity (Wildman–Crippen MR) is 121 cm³/mol. The van der Waals surface area contributed by atoms with Crippen LogP contribution >= 0.6 is 11.6 Å². The molecule has 0 bridgehead atoms. The second-order valence-electron chi connectivity index (χ2n) is 7.68. The molecule has 3 rings (SSSR count). The van der Waals surface area contributed by atoms with Gasteiger partial charge in [-0.3, -0.25) is 15.0 Å². The smallest absolute Gasteiger partial charge is 0.332 e. The van der Waals surface area contributed by atoms with Crippen molar-refractivity contribution in [1.29, 1.82) is 0 Å². The van der Waals surface area contributed by atoms with Crippen molar-refractivity contribution in [3.05, 3.63) is 59.1 Å². The van der Waals surface area contributed by atoms with Gasteiger partial charge in [-0.05, 0) is 23.6 Å². The van der Waals surface area contributed by atoms with Crippen LogP contribution in [-0.4, -0.2) is 71.5 Å². The van der Waals surface area contributed by atoms with Gasteiger partial charge in [0.2, 0.25) is 0 Å². The van der Waals surface area contributed by atoms with Crippen LogP contribution in [0, 0.1) is 0 Å². The second kappa shape index (κ2) is 11.8. The molecule has 2 aromatic carbocycles. The van der Waals surface area contributed by atoms with E-state index in [4.69, 9.17) is 21.4 Å². The summed E-state index contributed by atoms with van der Waals surface area (Å²) in [6, 6.07) is 14.1. The molecule has 9 nitrogen and oxygen atoms in total. The number of carbonyl (C=O) groups excluding carboxylic acids is 2. The van der Waals surface area contributed by atoms with Gasteiger partial charge in [0.05, 0.1) is 13.2 Å². The van der Waals surface area contributed by atoms with E-state index in [1.807, 2.05) is 42.5 Å². The van der Waals surface area contributed by atoms with Crippen LogP contribution in [0.15, 0.2) is 48.5 Å². The summed E-state index contributed by atoms with van der Waals surface area (Å²) in [6.45, 7) is 1.78.